The molecule has 0 radical (unpaired) electrons. The van der Waals surface area contributed by atoms with E-state index in [9.17, 15) is 19.5 Å². The SMILES string of the molecule is C[C@H]1CN(C(=O)O)CC[C@@H]1CN1CCN(c2ccc3c(C4CCC(=O)NC4=O)nn(C)c3c2)CC1. The molecule has 10 heteroatoms. The van der Waals surface area contributed by atoms with E-state index in [1.165, 1.54) is 0 Å². The quantitative estimate of drug-likeness (QED) is 0.640. The van der Waals surface area contributed by atoms with E-state index in [2.05, 4.69) is 45.3 Å². The smallest absolute Gasteiger partial charge is 0.407 e. The van der Waals surface area contributed by atoms with Crippen molar-refractivity contribution in [2.24, 2.45) is 18.9 Å². The summed E-state index contributed by atoms with van der Waals surface area (Å²) in [6.07, 6.45) is 0.960. The zero-order chi connectivity index (χ0) is 24.7. The fourth-order valence-corrected chi connectivity index (χ4v) is 5.84. The van der Waals surface area contributed by atoms with Crippen LogP contribution in [-0.4, -0.2) is 88.4 Å². The van der Waals surface area contributed by atoms with Gasteiger partial charge in [0.15, 0.2) is 0 Å². The second-order valence-corrected chi connectivity index (χ2v) is 10.3. The lowest BCUT2D eigenvalue weighted by Crippen LogP contribution is -2.50. The molecule has 2 aromatic rings. The Kier molecular flexibility index (Phi) is 6.39. The highest BCUT2D eigenvalue weighted by Crippen LogP contribution is 2.32. The van der Waals surface area contributed by atoms with Gasteiger partial charge in [-0.2, -0.15) is 5.10 Å². The van der Waals surface area contributed by atoms with Crippen molar-refractivity contribution in [3.63, 3.8) is 0 Å². The van der Waals surface area contributed by atoms with Gasteiger partial charge in [0.05, 0.1) is 17.1 Å². The molecule has 0 spiro atoms. The number of carbonyl (C=O) groups excluding carboxylic acids is 2. The van der Waals surface area contributed by atoms with Crippen molar-refractivity contribution in [1.82, 2.24) is 24.9 Å². The first-order chi connectivity index (χ1) is 16.8. The highest BCUT2D eigenvalue weighted by atomic mass is 16.4. The molecule has 3 atom stereocenters. The molecule has 188 valence electrons. The van der Waals surface area contributed by atoms with Crippen LogP contribution in [0.4, 0.5) is 10.5 Å². The standard InChI is InChI=1S/C25H34N6O4/c1-16-14-31(25(34)35)8-7-17(16)15-29-9-11-30(12-10-29)18-3-4-19-21(13-18)28(2)27-23(19)20-5-6-22(32)26-24(20)33/h3-4,13,16-17,20H,5-12,14-15H2,1-2H3,(H,34,35)(H,26,32,33)/t16-,17+,20?/m0/s1. The zero-order valence-electron chi connectivity index (χ0n) is 20.4. The van der Waals surface area contributed by atoms with Gasteiger partial charge in [0.2, 0.25) is 11.8 Å². The van der Waals surface area contributed by atoms with Gasteiger partial charge in [-0.15, -0.1) is 0 Å². The van der Waals surface area contributed by atoms with Crippen LogP contribution < -0.4 is 10.2 Å². The second-order valence-electron chi connectivity index (χ2n) is 10.3. The van der Waals surface area contributed by atoms with E-state index in [-0.39, 0.29) is 11.8 Å². The summed E-state index contributed by atoms with van der Waals surface area (Å²) in [5.41, 5.74) is 2.88. The molecule has 0 aliphatic carbocycles. The van der Waals surface area contributed by atoms with Gasteiger partial charge >= 0.3 is 6.09 Å². The summed E-state index contributed by atoms with van der Waals surface area (Å²) in [4.78, 5) is 41.6. The number of fused-ring (bicyclic) bond motifs is 1. The number of nitrogens with one attached hydrogen (secondary N) is 1. The van der Waals surface area contributed by atoms with Gasteiger partial charge in [0, 0.05) is 70.4 Å². The maximum Gasteiger partial charge on any atom is 0.407 e. The fourth-order valence-electron chi connectivity index (χ4n) is 5.84. The summed E-state index contributed by atoms with van der Waals surface area (Å²) in [6, 6.07) is 6.32. The number of aryl methyl sites for hydroxylation is 1. The number of carbonyl (C=O) groups is 3. The van der Waals surface area contributed by atoms with Crippen LogP contribution in [-0.2, 0) is 16.6 Å². The van der Waals surface area contributed by atoms with E-state index < -0.39 is 12.0 Å². The number of piperazine rings is 1. The largest absolute Gasteiger partial charge is 0.465 e. The molecule has 1 aromatic carbocycles. The molecule has 1 aromatic heterocycles. The number of likely N-dealkylation sites (tertiary alicyclic amines) is 1. The number of piperidine rings is 2. The van der Waals surface area contributed by atoms with E-state index in [0.717, 1.165) is 61.4 Å². The molecule has 3 aliphatic heterocycles. The van der Waals surface area contributed by atoms with Crippen molar-refractivity contribution in [1.29, 1.82) is 0 Å². The van der Waals surface area contributed by atoms with E-state index in [0.29, 0.717) is 37.8 Å². The molecule has 2 N–H and O–H groups in total. The van der Waals surface area contributed by atoms with Gasteiger partial charge in [-0.05, 0) is 42.9 Å². The molecule has 0 saturated carbocycles. The fraction of sp³-hybridized carbons (Fsp3) is 0.600. The maximum atomic E-state index is 12.4. The van der Waals surface area contributed by atoms with Crippen molar-refractivity contribution >= 4 is 34.5 Å². The van der Waals surface area contributed by atoms with Crippen LogP contribution in [0.1, 0.15) is 37.8 Å². The minimum Gasteiger partial charge on any atom is -0.465 e. The van der Waals surface area contributed by atoms with Gasteiger partial charge in [0.1, 0.15) is 0 Å². The lowest BCUT2D eigenvalue weighted by molar-refractivity contribution is -0.134. The lowest BCUT2D eigenvalue weighted by atomic mass is 9.86. The number of anilines is 1. The molecule has 1 unspecified atom stereocenters. The predicted molar refractivity (Wildman–Crippen MR) is 131 cm³/mol. The van der Waals surface area contributed by atoms with Crippen LogP contribution in [0, 0.1) is 11.8 Å². The second kappa shape index (κ2) is 9.49. The summed E-state index contributed by atoms with van der Waals surface area (Å²) >= 11 is 0. The van der Waals surface area contributed by atoms with E-state index >= 15 is 0 Å². The first-order valence-electron chi connectivity index (χ1n) is 12.6. The van der Waals surface area contributed by atoms with Crippen LogP contribution in [0.2, 0.25) is 0 Å². The summed E-state index contributed by atoms with van der Waals surface area (Å²) in [5.74, 6) is 0.0466. The summed E-state index contributed by atoms with van der Waals surface area (Å²) in [5, 5.41) is 17.3. The molecular formula is C25H34N6O4. The molecule has 3 fully saturated rings. The summed E-state index contributed by atoms with van der Waals surface area (Å²) < 4.78 is 1.83. The molecule has 4 heterocycles. The molecule has 3 amide bonds. The number of hydrogen-bond donors (Lipinski definition) is 2. The summed E-state index contributed by atoms with van der Waals surface area (Å²) in [7, 11) is 1.90. The highest BCUT2D eigenvalue weighted by Gasteiger charge is 2.33. The van der Waals surface area contributed by atoms with E-state index in [1.54, 1.807) is 4.90 Å². The Balaban J connectivity index is 1.22. The highest BCUT2D eigenvalue weighted by molar-refractivity contribution is 6.02. The van der Waals surface area contributed by atoms with Crippen LogP contribution in [0.3, 0.4) is 0 Å². The number of amides is 3. The number of rotatable bonds is 4. The van der Waals surface area contributed by atoms with Crippen molar-refractivity contribution in [2.45, 2.75) is 32.1 Å². The minimum absolute atomic E-state index is 0.215. The lowest BCUT2D eigenvalue weighted by Gasteiger charge is -2.41. The third-order valence-corrected chi connectivity index (χ3v) is 8.02. The van der Waals surface area contributed by atoms with E-state index in [1.807, 2.05) is 11.7 Å². The number of carboxylic acid groups (broad SMARTS) is 1. The Morgan fingerprint density at radius 1 is 1.14 bits per heavy atom. The third kappa shape index (κ3) is 4.71. The van der Waals surface area contributed by atoms with Gasteiger partial charge in [-0.3, -0.25) is 24.5 Å². The van der Waals surface area contributed by atoms with Crippen molar-refractivity contribution in [3.05, 3.63) is 23.9 Å². The summed E-state index contributed by atoms with van der Waals surface area (Å²) in [6.45, 7) is 8.30. The average molecular weight is 483 g/mol. The molecule has 0 bridgehead atoms. The zero-order valence-corrected chi connectivity index (χ0v) is 20.4. The Labute approximate surface area is 204 Å². The van der Waals surface area contributed by atoms with Crippen LogP contribution >= 0.6 is 0 Å². The number of hydrogen-bond acceptors (Lipinski definition) is 6. The van der Waals surface area contributed by atoms with Gasteiger partial charge in [-0.1, -0.05) is 6.92 Å². The number of imide groups is 1. The number of benzene rings is 1. The topological polar surface area (TPSA) is 111 Å². The number of aromatic nitrogens is 2. The van der Waals surface area contributed by atoms with Gasteiger partial charge in [-0.25, -0.2) is 4.79 Å². The predicted octanol–water partition coefficient (Wildman–Crippen LogP) is 1.85. The van der Waals surface area contributed by atoms with Crippen LogP contribution in [0.25, 0.3) is 10.9 Å². The van der Waals surface area contributed by atoms with E-state index in [4.69, 9.17) is 0 Å². The first-order valence-corrected chi connectivity index (χ1v) is 12.6. The molecule has 3 aliphatic rings. The van der Waals surface area contributed by atoms with Gasteiger partial charge in [0.25, 0.3) is 0 Å². The molecular weight excluding hydrogens is 448 g/mol. The third-order valence-electron chi connectivity index (χ3n) is 8.02. The molecule has 35 heavy (non-hydrogen) atoms. The Morgan fingerprint density at radius 2 is 1.91 bits per heavy atom. The Morgan fingerprint density at radius 3 is 2.60 bits per heavy atom. The van der Waals surface area contributed by atoms with Crippen molar-refractivity contribution in [3.8, 4) is 0 Å². The maximum absolute atomic E-state index is 12.4. The first kappa shape index (κ1) is 23.6. The monoisotopic (exact) mass is 482 g/mol. The van der Waals surface area contributed by atoms with Crippen molar-refractivity contribution in [2.75, 3.05) is 50.7 Å². The minimum atomic E-state index is -0.807. The van der Waals surface area contributed by atoms with Crippen LogP contribution in [0.5, 0.6) is 0 Å². The molecule has 10 nitrogen and oxygen atoms in total. The molecule has 5 rings (SSSR count). The Hall–Kier alpha value is -3.14. The normalized spacial score (nSPS) is 26.3. The molecule has 3 saturated heterocycles. The number of nitrogens with zero attached hydrogens (tertiary/aromatic N) is 5. The van der Waals surface area contributed by atoms with Gasteiger partial charge < -0.3 is 14.9 Å². The van der Waals surface area contributed by atoms with Crippen molar-refractivity contribution < 1.29 is 19.5 Å². The average Bonchev–Trinajstić information content (AvgIpc) is 3.16. The van der Waals surface area contributed by atoms with Crippen LogP contribution in [0.15, 0.2) is 18.2 Å². The Bertz CT molecular complexity index is 1140.